The Morgan fingerprint density at radius 3 is 2.35 bits per heavy atom. The number of hydrogen-bond donors (Lipinski definition) is 1. The van der Waals surface area contributed by atoms with Crippen molar-refractivity contribution in [2.24, 2.45) is 0 Å². The summed E-state index contributed by atoms with van der Waals surface area (Å²) >= 11 is 0. The predicted octanol–water partition coefficient (Wildman–Crippen LogP) is 3.98. The molecular formula is C21H23N3O2. The molecule has 0 atom stereocenters. The van der Waals surface area contributed by atoms with Crippen LogP contribution in [-0.2, 0) is 9.59 Å². The Bertz CT molecular complexity index is 849. The Labute approximate surface area is 154 Å². The fourth-order valence-electron chi connectivity index (χ4n) is 2.77. The molecule has 0 unspecified atom stereocenters. The molecule has 2 rings (SSSR count). The number of nitrogens with one attached hydrogen (secondary N) is 1. The van der Waals surface area contributed by atoms with Crippen molar-refractivity contribution in [1.29, 1.82) is 5.26 Å². The zero-order valence-corrected chi connectivity index (χ0v) is 15.5. The number of benzene rings is 2. The molecule has 0 radical (unpaired) electrons. The van der Waals surface area contributed by atoms with Crippen LogP contribution in [0.2, 0.25) is 0 Å². The van der Waals surface area contributed by atoms with Crippen LogP contribution in [0.4, 0.5) is 11.4 Å². The fourth-order valence-corrected chi connectivity index (χ4v) is 2.77. The molecule has 0 saturated heterocycles. The van der Waals surface area contributed by atoms with Crippen LogP contribution in [0.5, 0.6) is 0 Å². The maximum atomic E-state index is 12.6. The number of amides is 2. The number of hydrogen-bond acceptors (Lipinski definition) is 3. The van der Waals surface area contributed by atoms with Crippen molar-refractivity contribution < 1.29 is 9.59 Å². The molecule has 2 amide bonds. The topological polar surface area (TPSA) is 73.2 Å². The lowest BCUT2D eigenvalue weighted by molar-refractivity contribution is -0.120. The van der Waals surface area contributed by atoms with Gasteiger partial charge in [0.2, 0.25) is 11.8 Å². The van der Waals surface area contributed by atoms with Gasteiger partial charge in [-0.2, -0.15) is 5.26 Å². The third-order valence-corrected chi connectivity index (χ3v) is 4.18. The average molecular weight is 349 g/mol. The Hall–Kier alpha value is -3.13. The molecule has 0 heterocycles. The third kappa shape index (κ3) is 4.48. The first-order chi connectivity index (χ1) is 12.3. The highest BCUT2D eigenvalue weighted by atomic mass is 16.2. The van der Waals surface area contributed by atoms with Crippen LogP contribution in [-0.4, -0.2) is 18.4 Å². The third-order valence-electron chi connectivity index (χ3n) is 4.18. The van der Waals surface area contributed by atoms with Crippen molar-refractivity contribution >= 4 is 23.2 Å². The van der Waals surface area contributed by atoms with Crippen LogP contribution in [0.15, 0.2) is 42.5 Å². The van der Waals surface area contributed by atoms with Crippen molar-refractivity contribution in [3.8, 4) is 6.07 Å². The molecule has 0 saturated carbocycles. The summed E-state index contributed by atoms with van der Waals surface area (Å²) < 4.78 is 0. The summed E-state index contributed by atoms with van der Waals surface area (Å²) in [5, 5.41) is 11.8. The van der Waals surface area contributed by atoms with Gasteiger partial charge in [0.15, 0.2) is 0 Å². The molecule has 0 aromatic heterocycles. The van der Waals surface area contributed by atoms with Crippen LogP contribution >= 0.6 is 0 Å². The van der Waals surface area contributed by atoms with Gasteiger partial charge in [0, 0.05) is 18.3 Å². The maximum absolute atomic E-state index is 12.6. The number of nitriles is 1. The van der Waals surface area contributed by atoms with E-state index in [2.05, 4.69) is 19.2 Å². The molecule has 0 aliphatic heterocycles. The molecule has 0 aliphatic rings. The van der Waals surface area contributed by atoms with Crippen molar-refractivity contribution in [3.05, 3.63) is 59.2 Å². The van der Waals surface area contributed by atoms with E-state index in [1.54, 1.807) is 24.3 Å². The molecule has 2 aromatic carbocycles. The second-order valence-corrected chi connectivity index (χ2v) is 6.51. The smallest absolute Gasteiger partial charge is 0.244 e. The molecule has 0 aliphatic carbocycles. The largest absolute Gasteiger partial charge is 0.324 e. The van der Waals surface area contributed by atoms with Crippen molar-refractivity contribution in [2.45, 2.75) is 33.6 Å². The molecule has 5 nitrogen and oxygen atoms in total. The van der Waals surface area contributed by atoms with E-state index in [-0.39, 0.29) is 24.3 Å². The molecule has 134 valence electrons. The number of aryl methyl sites for hydroxylation is 1. The number of nitrogens with zero attached hydrogens (tertiary/aromatic N) is 2. The minimum absolute atomic E-state index is 0.0902. The number of para-hydroxylation sites is 1. The Morgan fingerprint density at radius 2 is 1.81 bits per heavy atom. The SMILES string of the molecule is CC(=O)N(CC(=O)Nc1c(C)cccc1C(C)C)c1ccc(C#N)cc1. The minimum atomic E-state index is -0.263. The zero-order chi connectivity index (χ0) is 19.3. The first-order valence-electron chi connectivity index (χ1n) is 8.51. The van der Waals surface area contributed by atoms with Gasteiger partial charge in [-0.3, -0.25) is 9.59 Å². The van der Waals surface area contributed by atoms with Crippen molar-refractivity contribution in [3.63, 3.8) is 0 Å². The van der Waals surface area contributed by atoms with Gasteiger partial charge in [-0.1, -0.05) is 32.0 Å². The zero-order valence-electron chi connectivity index (χ0n) is 15.5. The van der Waals surface area contributed by atoms with Gasteiger partial charge < -0.3 is 10.2 Å². The summed E-state index contributed by atoms with van der Waals surface area (Å²) in [6.45, 7) is 7.42. The van der Waals surface area contributed by atoms with Crippen LogP contribution in [0, 0.1) is 18.3 Å². The van der Waals surface area contributed by atoms with E-state index in [9.17, 15) is 9.59 Å². The van der Waals surface area contributed by atoms with E-state index in [0.29, 0.717) is 11.3 Å². The summed E-state index contributed by atoms with van der Waals surface area (Å²) in [5.41, 5.74) is 3.93. The number of carbonyl (C=O) groups is 2. The predicted molar refractivity (Wildman–Crippen MR) is 103 cm³/mol. The Morgan fingerprint density at radius 1 is 1.15 bits per heavy atom. The van der Waals surface area contributed by atoms with E-state index < -0.39 is 0 Å². The lowest BCUT2D eigenvalue weighted by Gasteiger charge is -2.22. The van der Waals surface area contributed by atoms with E-state index in [1.165, 1.54) is 11.8 Å². The Balaban J connectivity index is 2.21. The van der Waals surface area contributed by atoms with Crippen LogP contribution < -0.4 is 10.2 Å². The van der Waals surface area contributed by atoms with E-state index in [1.807, 2.05) is 31.2 Å². The van der Waals surface area contributed by atoms with Gasteiger partial charge in [0.1, 0.15) is 6.54 Å². The summed E-state index contributed by atoms with van der Waals surface area (Å²) in [6, 6.07) is 14.5. The second kappa shape index (κ2) is 8.30. The lowest BCUT2D eigenvalue weighted by atomic mass is 9.98. The summed E-state index contributed by atoms with van der Waals surface area (Å²) in [5.74, 6) is -0.230. The highest BCUT2D eigenvalue weighted by molar-refractivity contribution is 6.02. The highest BCUT2D eigenvalue weighted by Crippen LogP contribution is 2.27. The van der Waals surface area contributed by atoms with Crippen LogP contribution in [0.25, 0.3) is 0 Å². The van der Waals surface area contributed by atoms with Gasteiger partial charge in [-0.25, -0.2) is 0 Å². The van der Waals surface area contributed by atoms with Crippen LogP contribution in [0.1, 0.15) is 43.4 Å². The molecule has 0 spiro atoms. The molecule has 0 bridgehead atoms. The van der Waals surface area contributed by atoms with Crippen molar-refractivity contribution in [1.82, 2.24) is 0 Å². The lowest BCUT2D eigenvalue weighted by Crippen LogP contribution is -2.37. The normalized spacial score (nSPS) is 10.3. The van der Waals surface area contributed by atoms with Gasteiger partial charge in [-0.05, 0) is 48.2 Å². The first kappa shape index (κ1) is 19.2. The molecule has 1 N–H and O–H groups in total. The minimum Gasteiger partial charge on any atom is -0.324 e. The number of anilines is 2. The van der Waals surface area contributed by atoms with Gasteiger partial charge >= 0.3 is 0 Å². The highest BCUT2D eigenvalue weighted by Gasteiger charge is 2.18. The van der Waals surface area contributed by atoms with E-state index in [0.717, 1.165) is 16.8 Å². The van der Waals surface area contributed by atoms with Crippen LogP contribution in [0.3, 0.4) is 0 Å². The van der Waals surface area contributed by atoms with Gasteiger partial charge in [0.25, 0.3) is 0 Å². The van der Waals surface area contributed by atoms with E-state index in [4.69, 9.17) is 5.26 Å². The molecular weight excluding hydrogens is 326 g/mol. The number of rotatable bonds is 5. The fraction of sp³-hybridized carbons (Fsp3) is 0.286. The Kier molecular flexibility index (Phi) is 6.13. The molecule has 26 heavy (non-hydrogen) atoms. The molecule has 2 aromatic rings. The first-order valence-corrected chi connectivity index (χ1v) is 8.51. The van der Waals surface area contributed by atoms with Crippen molar-refractivity contribution in [2.75, 3.05) is 16.8 Å². The summed E-state index contributed by atoms with van der Waals surface area (Å²) in [4.78, 5) is 26.0. The quantitative estimate of drug-likeness (QED) is 0.887. The second-order valence-electron chi connectivity index (χ2n) is 6.51. The summed E-state index contributed by atoms with van der Waals surface area (Å²) in [6.07, 6.45) is 0. The van der Waals surface area contributed by atoms with Gasteiger partial charge in [0.05, 0.1) is 11.6 Å². The maximum Gasteiger partial charge on any atom is 0.244 e. The molecule has 0 fully saturated rings. The standard InChI is InChI=1S/C21H23N3O2/c1-14(2)19-7-5-6-15(3)21(19)23-20(26)13-24(16(4)25)18-10-8-17(12-22)9-11-18/h5-11,14H,13H2,1-4H3,(H,23,26). The van der Waals surface area contributed by atoms with E-state index >= 15 is 0 Å². The average Bonchev–Trinajstić information content (AvgIpc) is 2.61. The molecule has 5 heteroatoms. The monoisotopic (exact) mass is 349 g/mol. The number of carbonyl (C=O) groups excluding carboxylic acids is 2. The van der Waals surface area contributed by atoms with Gasteiger partial charge in [-0.15, -0.1) is 0 Å². The summed E-state index contributed by atoms with van der Waals surface area (Å²) in [7, 11) is 0.